The minimum atomic E-state index is -0.500. The van der Waals surface area contributed by atoms with Crippen molar-refractivity contribution >= 4 is 33.3 Å². The van der Waals surface area contributed by atoms with Crippen LogP contribution in [0.15, 0.2) is 47.1 Å². The van der Waals surface area contributed by atoms with E-state index in [1.54, 1.807) is 36.4 Å². The molecule has 1 amide bonds. The molecule has 1 heterocycles. The van der Waals surface area contributed by atoms with Crippen molar-refractivity contribution in [1.82, 2.24) is 4.98 Å². The summed E-state index contributed by atoms with van der Waals surface area (Å²) in [5.74, 6) is 0.0351. The number of para-hydroxylation sites is 1. The lowest BCUT2D eigenvalue weighted by atomic mass is 10.1. The van der Waals surface area contributed by atoms with Crippen molar-refractivity contribution in [2.45, 2.75) is 6.42 Å². The molecule has 20 heavy (non-hydrogen) atoms. The third-order valence-corrected chi connectivity index (χ3v) is 2.96. The normalized spacial score (nSPS) is 10.1. The number of benzene rings is 1. The van der Waals surface area contributed by atoms with E-state index in [0.29, 0.717) is 16.0 Å². The van der Waals surface area contributed by atoms with Gasteiger partial charge >= 0.3 is 0 Å². The molecule has 0 saturated heterocycles. The van der Waals surface area contributed by atoms with E-state index in [9.17, 15) is 14.9 Å². The number of carbonyl (C=O) groups excluding carboxylic acids is 1. The zero-order valence-electron chi connectivity index (χ0n) is 10.2. The van der Waals surface area contributed by atoms with Gasteiger partial charge in [0.1, 0.15) is 10.4 Å². The molecule has 1 N–H and O–H groups in total. The van der Waals surface area contributed by atoms with Gasteiger partial charge in [-0.15, -0.1) is 0 Å². The van der Waals surface area contributed by atoms with E-state index in [0.717, 1.165) is 0 Å². The monoisotopic (exact) mass is 335 g/mol. The Hall–Kier alpha value is -2.28. The molecule has 2 rings (SSSR count). The van der Waals surface area contributed by atoms with Crippen LogP contribution in [0.5, 0.6) is 0 Å². The van der Waals surface area contributed by atoms with Crippen molar-refractivity contribution in [2.75, 3.05) is 5.32 Å². The largest absolute Gasteiger partial charge is 0.310 e. The molecule has 0 unspecified atom stereocenters. The molecule has 2 aromatic rings. The van der Waals surface area contributed by atoms with Crippen LogP contribution >= 0.6 is 15.9 Å². The van der Waals surface area contributed by atoms with Gasteiger partial charge in [0, 0.05) is 11.6 Å². The number of carbonyl (C=O) groups is 1. The zero-order valence-corrected chi connectivity index (χ0v) is 11.8. The number of nitrogens with zero attached hydrogens (tertiary/aromatic N) is 2. The van der Waals surface area contributed by atoms with E-state index >= 15 is 0 Å². The highest BCUT2D eigenvalue weighted by molar-refractivity contribution is 9.10. The number of hydrogen-bond acceptors (Lipinski definition) is 4. The number of amides is 1. The summed E-state index contributed by atoms with van der Waals surface area (Å²) >= 11 is 3.20. The minimum absolute atomic E-state index is 0.0650. The fraction of sp³-hybridized carbons (Fsp3) is 0.0769. The van der Waals surface area contributed by atoms with E-state index in [4.69, 9.17) is 0 Å². The number of nitrogens with one attached hydrogen (secondary N) is 1. The first-order chi connectivity index (χ1) is 9.56. The zero-order chi connectivity index (χ0) is 14.5. The summed E-state index contributed by atoms with van der Waals surface area (Å²) in [6, 6.07) is 11.3. The van der Waals surface area contributed by atoms with Gasteiger partial charge in [-0.2, -0.15) is 0 Å². The summed E-state index contributed by atoms with van der Waals surface area (Å²) in [4.78, 5) is 26.3. The summed E-state index contributed by atoms with van der Waals surface area (Å²) in [5, 5.41) is 13.5. The number of rotatable bonds is 4. The molecule has 1 aromatic heterocycles. The average Bonchev–Trinajstić information content (AvgIpc) is 2.38. The standard InChI is InChI=1S/C13H10BrN3O3/c14-11-6-3-7-12(15-11)16-13(18)8-9-4-1-2-5-10(9)17(19)20/h1-7H,8H2,(H,15,16,18). The number of aromatic nitrogens is 1. The van der Waals surface area contributed by atoms with Gasteiger partial charge in [-0.25, -0.2) is 4.98 Å². The third-order valence-electron chi connectivity index (χ3n) is 2.52. The Kier molecular flexibility index (Phi) is 4.41. The van der Waals surface area contributed by atoms with Crippen molar-refractivity contribution in [3.05, 3.63) is 62.7 Å². The molecule has 0 saturated carbocycles. The summed E-state index contributed by atoms with van der Waals surface area (Å²) < 4.78 is 0.598. The maximum atomic E-state index is 11.9. The van der Waals surface area contributed by atoms with Crippen LogP contribution in [0.4, 0.5) is 11.5 Å². The van der Waals surface area contributed by atoms with Crippen LogP contribution in [-0.4, -0.2) is 15.8 Å². The molecular formula is C13H10BrN3O3. The fourth-order valence-electron chi connectivity index (χ4n) is 1.68. The van der Waals surface area contributed by atoms with Crippen molar-refractivity contribution in [2.24, 2.45) is 0 Å². The highest BCUT2D eigenvalue weighted by atomic mass is 79.9. The fourth-order valence-corrected chi connectivity index (χ4v) is 2.02. The van der Waals surface area contributed by atoms with Crippen molar-refractivity contribution in [3.63, 3.8) is 0 Å². The van der Waals surface area contributed by atoms with Crippen molar-refractivity contribution in [1.29, 1.82) is 0 Å². The number of halogens is 1. The van der Waals surface area contributed by atoms with Gasteiger partial charge in [0.2, 0.25) is 5.91 Å². The first kappa shape index (κ1) is 14.1. The molecule has 0 bridgehead atoms. The van der Waals surface area contributed by atoms with E-state index in [1.165, 1.54) is 6.07 Å². The predicted molar refractivity (Wildman–Crippen MR) is 77.4 cm³/mol. The van der Waals surface area contributed by atoms with E-state index in [-0.39, 0.29) is 18.0 Å². The SMILES string of the molecule is O=C(Cc1ccccc1[N+](=O)[O-])Nc1cccc(Br)n1. The summed E-state index contributed by atoms with van der Waals surface area (Å²) in [5.41, 5.74) is 0.301. The maximum Gasteiger partial charge on any atom is 0.273 e. The predicted octanol–water partition coefficient (Wildman–Crippen LogP) is 2.93. The van der Waals surface area contributed by atoms with Gasteiger partial charge in [-0.1, -0.05) is 24.3 Å². The molecule has 1 aromatic carbocycles. The lowest BCUT2D eigenvalue weighted by Gasteiger charge is -2.05. The Morgan fingerprint density at radius 1 is 1.25 bits per heavy atom. The van der Waals surface area contributed by atoms with Gasteiger partial charge < -0.3 is 5.32 Å². The second-order valence-electron chi connectivity index (χ2n) is 3.96. The lowest BCUT2D eigenvalue weighted by Crippen LogP contribution is -2.16. The Morgan fingerprint density at radius 2 is 2.00 bits per heavy atom. The van der Waals surface area contributed by atoms with Crippen molar-refractivity contribution in [3.8, 4) is 0 Å². The summed E-state index contributed by atoms with van der Waals surface area (Å²) in [6.45, 7) is 0. The number of anilines is 1. The second-order valence-corrected chi connectivity index (χ2v) is 4.77. The summed E-state index contributed by atoms with van der Waals surface area (Å²) in [7, 11) is 0. The Bertz CT molecular complexity index is 661. The first-order valence-electron chi connectivity index (χ1n) is 5.71. The minimum Gasteiger partial charge on any atom is -0.310 e. The molecule has 0 radical (unpaired) electrons. The molecule has 0 aliphatic carbocycles. The van der Waals surface area contributed by atoms with Crippen LogP contribution in [0.2, 0.25) is 0 Å². The third kappa shape index (κ3) is 3.61. The first-order valence-corrected chi connectivity index (χ1v) is 6.50. The molecule has 0 spiro atoms. The molecule has 7 heteroatoms. The number of pyridine rings is 1. The molecule has 0 aliphatic rings. The number of hydrogen-bond donors (Lipinski definition) is 1. The van der Waals surface area contributed by atoms with Crippen LogP contribution in [0.3, 0.4) is 0 Å². The Morgan fingerprint density at radius 3 is 2.70 bits per heavy atom. The topological polar surface area (TPSA) is 85.1 Å². The summed E-state index contributed by atoms with van der Waals surface area (Å²) in [6.07, 6.45) is -0.0780. The van der Waals surface area contributed by atoms with Gasteiger partial charge in [-0.3, -0.25) is 14.9 Å². The number of nitro benzene ring substituents is 1. The molecule has 6 nitrogen and oxygen atoms in total. The molecular weight excluding hydrogens is 326 g/mol. The lowest BCUT2D eigenvalue weighted by molar-refractivity contribution is -0.385. The van der Waals surface area contributed by atoms with Crippen LogP contribution in [0.1, 0.15) is 5.56 Å². The van der Waals surface area contributed by atoms with E-state index < -0.39 is 4.92 Å². The smallest absolute Gasteiger partial charge is 0.273 e. The van der Waals surface area contributed by atoms with Gasteiger partial charge in [0.05, 0.1) is 11.3 Å². The van der Waals surface area contributed by atoms with Gasteiger partial charge in [0.15, 0.2) is 0 Å². The van der Waals surface area contributed by atoms with Gasteiger partial charge in [-0.05, 0) is 28.1 Å². The van der Waals surface area contributed by atoms with E-state index in [2.05, 4.69) is 26.2 Å². The second kappa shape index (κ2) is 6.25. The quantitative estimate of drug-likeness (QED) is 0.528. The molecule has 0 atom stereocenters. The Balaban J connectivity index is 2.11. The van der Waals surface area contributed by atoms with Crippen LogP contribution in [0.25, 0.3) is 0 Å². The van der Waals surface area contributed by atoms with Crippen LogP contribution < -0.4 is 5.32 Å². The molecule has 0 fully saturated rings. The maximum absolute atomic E-state index is 11.9. The highest BCUT2D eigenvalue weighted by Crippen LogP contribution is 2.18. The van der Waals surface area contributed by atoms with Crippen LogP contribution in [0, 0.1) is 10.1 Å². The van der Waals surface area contributed by atoms with Crippen LogP contribution in [-0.2, 0) is 11.2 Å². The highest BCUT2D eigenvalue weighted by Gasteiger charge is 2.15. The van der Waals surface area contributed by atoms with Gasteiger partial charge in [0.25, 0.3) is 5.69 Å². The molecule has 102 valence electrons. The number of nitro groups is 1. The molecule has 0 aliphatic heterocycles. The van der Waals surface area contributed by atoms with Crippen molar-refractivity contribution < 1.29 is 9.72 Å². The van der Waals surface area contributed by atoms with E-state index in [1.807, 2.05) is 0 Å². The Labute approximate surface area is 123 Å². The average molecular weight is 336 g/mol.